The minimum absolute atomic E-state index is 0.790. The Bertz CT molecular complexity index is 517. The first-order valence-corrected chi connectivity index (χ1v) is 7.28. The molecule has 0 amide bonds. The molecule has 19 heavy (non-hydrogen) atoms. The summed E-state index contributed by atoms with van der Waals surface area (Å²) < 4.78 is 1.84. The standard InChI is InChI=1S/C13H19N5S/c1-10-6-11(2)8-12(7-10)9-19-13-15-16-17-18(13)5-4-14-3/h6-8,14H,4-5,9H2,1-3H3. The Balaban J connectivity index is 2.00. The van der Waals surface area contributed by atoms with Crippen LogP contribution in [0.5, 0.6) is 0 Å². The quantitative estimate of drug-likeness (QED) is 0.816. The largest absolute Gasteiger partial charge is 0.318 e. The number of tetrazole rings is 1. The van der Waals surface area contributed by atoms with Gasteiger partial charge in [-0.3, -0.25) is 0 Å². The molecule has 102 valence electrons. The minimum Gasteiger partial charge on any atom is -0.318 e. The zero-order valence-electron chi connectivity index (χ0n) is 11.6. The highest BCUT2D eigenvalue weighted by Gasteiger charge is 2.07. The van der Waals surface area contributed by atoms with Gasteiger partial charge in [-0.25, -0.2) is 4.68 Å². The first kappa shape index (κ1) is 14.0. The molecule has 1 N–H and O–H groups in total. The van der Waals surface area contributed by atoms with Crippen LogP contribution >= 0.6 is 11.8 Å². The van der Waals surface area contributed by atoms with Crippen LogP contribution < -0.4 is 5.32 Å². The Labute approximate surface area is 117 Å². The Morgan fingerprint density at radius 3 is 2.63 bits per heavy atom. The van der Waals surface area contributed by atoms with Crippen LogP contribution in [0.3, 0.4) is 0 Å². The van der Waals surface area contributed by atoms with Crippen molar-refractivity contribution in [2.45, 2.75) is 31.3 Å². The van der Waals surface area contributed by atoms with E-state index >= 15 is 0 Å². The molecule has 0 spiro atoms. The third kappa shape index (κ3) is 4.04. The van der Waals surface area contributed by atoms with Gasteiger partial charge in [-0.05, 0) is 36.9 Å². The van der Waals surface area contributed by atoms with Gasteiger partial charge in [0.15, 0.2) is 0 Å². The lowest BCUT2D eigenvalue weighted by atomic mass is 10.1. The number of thioether (sulfide) groups is 1. The van der Waals surface area contributed by atoms with Crippen LogP contribution in [0.2, 0.25) is 0 Å². The number of benzene rings is 1. The fourth-order valence-electron chi connectivity index (χ4n) is 1.96. The van der Waals surface area contributed by atoms with Crippen LogP contribution in [0.25, 0.3) is 0 Å². The molecule has 0 bridgehead atoms. The molecule has 2 rings (SSSR count). The number of aryl methyl sites for hydroxylation is 2. The number of rotatable bonds is 6. The van der Waals surface area contributed by atoms with Gasteiger partial charge in [0.25, 0.3) is 0 Å². The number of nitrogens with zero attached hydrogens (tertiary/aromatic N) is 4. The Morgan fingerprint density at radius 2 is 1.95 bits per heavy atom. The molecular formula is C13H19N5S. The van der Waals surface area contributed by atoms with E-state index in [1.807, 2.05) is 11.7 Å². The van der Waals surface area contributed by atoms with Gasteiger partial charge < -0.3 is 5.32 Å². The third-order valence-corrected chi connectivity index (χ3v) is 3.75. The maximum atomic E-state index is 4.07. The van der Waals surface area contributed by atoms with Crippen LogP contribution in [0.1, 0.15) is 16.7 Å². The summed E-state index contributed by atoms with van der Waals surface area (Å²) >= 11 is 1.67. The van der Waals surface area contributed by atoms with Gasteiger partial charge in [0.05, 0.1) is 6.54 Å². The summed E-state index contributed by atoms with van der Waals surface area (Å²) in [5.41, 5.74) is 3.90. The molecule has 0 aliphatic rings. The molecule has 0 aliphatic carbocycles. The Kier molecular flexibility index (Phi) is 4.93. The van der Waals surface area contributed by atoms with Crippen molar-refractivity contribution in [1.29, 1.82) is 0 Å². The van der Waals surface area contributed by atoms with Gasteiger partial charge in [0.1, 0.15) is 0 Å². The van der Waals surface area contributed by atoms with Gasteiger partial charge in [-0.15, -0.1) is 5.10 Å². The summed E-state index contributed by atoms with van der Waals surface area (Å²) in [7, 11) is 1.92. The van der Waals surface area contributed by atoms with Crippen LogP contribution in [-0.4, -0.2) is 33.8 Å². The van der Waals surface area contributed by atoms with Crippen molar-refractivity contribution in [2.75, 3.05) is 13.6 Å². The third-order valence-electron chi connectivity index (χ3n) is 2.72. The fraction of sp³-hybridized carbons (Fsp3) is 0.462. The normalized spacial score (nSPS) is 10.9. The lowest BCUT2D eigenvalue weighted by Gasteiger charge is -2.05. The predicted octanol–water partition coefficient (Wildman–Crippen LogP) is 1.80. The highest BCUT2D eigenvalue weighted by Crippen LogP contribution is 2.21. The molecule has 6 heteroatoms. The molecule has 0 radical (unpaired) electrons. The summed E-state index contributed by atoms with van der Waals surface area (Å²) in [5, 5.41) is 15.8. The lowest BCUT2D eigenvalue weighted by molar-refractivity contribution is 0.530. The van der Waals surface area contributed by atoms with Crippen LogP contribution in [0.4, 0.5) is 0 Å². The first-order valence-electron chi connectivity index (χ1n) is 6.30. The van der Waals surface area contributed by atoms with Gasteiger partial charge in [-0.2, -0.15) is 0 Å². The monoisotopic (exact) mass is 277 g/mol. The Morgan fingerprint density at radius 1 is 1.21 bits per heavy atom. The topological polar surface area (TPSA) is 55.6 Å². The summed E-state index contributed by atoms with van der Waals surface area (Å²) in [6.07, 6.45) is 0. The SMILES string of the molecule is CNCCn1nnnc1SCc1cc(C)cc(C)c1. The van der Waals surface area contributed by atoms with Crippen molar-refractivity contribution in [3.63, 3.8) is 0 Å². The molecule has 0 saturated carbocycles. The van der Waals surface area contributed by atoms with Crippen molar-refractivity contribution < 1.29 is 0 Å². The van der Waals surface area contributed by atoms with E-state index < -0.39 is 0 Å². The average Bonchev–Trinajstić information content (AvgIpc) is 2.80. The van der Waals surface area contributed by atoms with Crippen molar-refractivity contribution in [3.8, 4) is 0 Å². The van der Waals surface area contributed by atoms with E-state index in [0.29, 0.717) is 0 Å². The second-order valence-corrected chi connectivity index (χ2v) is 5.52. The van der Waals surface area contributed by atoms with E-state index in [2.05, 4.69) is 52.9 Å². The smallest absolute Gasteiger partial charge is 0.209 e. The van der Waals surface area contributed by atoms with E-state index in [4.69, 9.17) is 0 Å². The zero-order chi connectivity index (χ0) is 13.7. The molecule has 1 heterocycles. The van der Waals surface area contributed by atoms with Crippen LogP contribution in [0.15, 0.2) is 23.4 Å². The molecule has 1 aromatic carbocycles. The number of aromatic nitrogens is 4. The molecule has 0 atom stereocenters. The van der Waals surface area contributed by atoms with E-state index in [1.165, 1.54) is 16.7 Å². The van der Waals surface area contributed by atoms with E-state index in [-0.39, 0.29) is 0 Å². The predicted molar refractivity (Wildman–Crippen MR) is 77.2 cm³/mol. The van der Waals surface area contributed by atoms with E-state index in [1.54, 1.807) is 11.8 Å². The summed E-state index contributed by atoms with van der Waals surface area (Å²) in [6, 6.07) is 6.61. The van der Waals surface area contributed by atoms with Crippen LogP contribution in [-0.2, 0) is 12.3 Å². The molecular weight excluding hydrogens is 258 g/mol. The second-order valence-electron chi connectivity index (χ2n) is 4.57. The average molecular weight is 277 g/mol. The maximum Gasteiger partial charge on any atom is 0.209 e. The van der Waals surface area contributed by atoms with Crippen molar-refractivity contribution in [2.24, 2.45) is 0 Å². The number of hydrogen-bond acceptors (Lipinski definition) is 5. The molecule has 0 saturated heterocycles. The molecule has 0 fully saturated rings. The maximum absolute atomic E-state index is 4.07. The van der Waals surface area contributed by atoms with Gasteiger partial charge in [0.2, 0.25) is 5.16 Å². The molecule has 2 aromatic rings. The number of hydrogen-bond donors (Lipinski definition) is 1. The number of likely N-dealkylation sites (N-methyl/N-ethyl adjacent to an activating group) is 1. The van der Waals surface area contributed by atoms with Gasteiger partial charge >= 0.3 is 0 Å². The fourth-order valence-corrected chi connectivity index (χ4v) is 2.79. The molecule has 0 aliphatic heterocycles. The second kappa shape index (κ2) is 6.68. The van der Waals surface area contributed by atoms with Gasteiger partial charge in [0, 0.05) is 12.3 Å². The van der Waals surface area contributed by atoms with E-state index in [9.17, 15) is 0 Å². The minimum atomic E-state index is 0.790. The number of nitrogens with one attached hydrogen (secondary N) is 1. The molecule has 0 unspecified atom stereocenters. The molecule has 5 nitrogen and oxygen atoms in total. The van der Waals surface area contributed by atoms with Crippen molar-refractivity contribution in [3.05, 3.63) is 34.9 Å². The summed E-state index contributed by atoms with van der Waals surface area (Å²) in [4.78, 5) is 0. The van der Waals surface area contributed by atoms with Crippen LogP contribution in [0, 0.1) is 13.8 Å². The van der Waals surface area contributed by atoms with Gasteiger partial charge in [-0.1, -0.05) is 41.1 Å². The molecule has 1 aromatic heterocycles. The summed E-state index contributed by atoms with van der Waals surface area (Å²) in [5.74, 6) is 0.891. The van der Waals surface area contributed by atoms with Crippen molar-refractivity contribution >= 4 is 11.8 Å². The first-order chi connectivity index (χ1) is 9.19. The zero-order valence-corrected chi connectivity index (χ0v) is 12.4. The van der Waals surface area contributed by atoms with E-state index in [0.717, 1.165) is 24.0 Å². The lowest BCUT2D eigenvalue weighted by Crippen LogP contribution is -2.16. The summed E-state index contributed by atoms with van der Waals surface area (Å²) in [6.45, 7) is 5.90. The Hall–Kier alpha value is -1.40. The van der Waals surface area contributed by atoms with Crippen molar-refractivity contribution in [1.82, 2.24) is 25.5 Å². The highest BCUT2D eigenvalue weighted by atomic mass is 32.2. The highest BCUT2D eigenvalue weighted by molar-refractivity contribution is 7.98.